The number of hydrogen-bond acceptors (Lipinski definition) is 0. The largest absolute Gasteiger partial charge is 0.205 e. The molecule has 0 aliphatic rings. The normalized spacial score (nSPS) is 10.6. The molecule has 0 N–H and O–H groups in total. The van der Waals surface area contributed by atoms with Crippen molar-refractivity contribution < 1.29 is 9.13 Å². The zero-order chi connectivity index (χ0) is 13.5. The number of unbranched alkanes of at least 4 members (excludes halogenated alkanes) is 2. The second-order valence-electron chi connectivity index (χ2n) is 5.30. The molecular weight excluding hydrogens is 232 g/mol. The number of nitrogens with zero attached hydrogens (tertiary/aromatic N) is 2. The lowest BCUT2D eigenvalue weighted by molar-refractivity contribution is -0.701. The van der Waals surface area contributed by atoms with Crippen molar-refractivity contribution in [3.8, 4) is 0 Å². The summed E-state index contributed by atoms with van der Waals surface area (Å²) < 4.78 is 4.57. The predicted molar refractivity (Wildman–Crippen MR) is 76.6 cm³/mol. The highest BCUT2D eigenvalue weighted by Gasteiger charge is 2.02. The van der Waals surface area contributed by atoms with Crippen molar-refractivity contribution in [2.45, 2.75) is 46.2 Å². The van der Waals surface area contributed by atoms with Crippen molar-refractivity contribution in [1.82, 2.24) is 0 Å². The van der Waals surface area contributed by atoms with Crippen LogP contribution in [0.25, 0.3) is 0 Å². The van der Waals surface area contributed by atoms with Gasteiger partial charge < -0.3 is 0 Å². The molecule has 2 aromatic heterocycles. The standard InChI is InChI=1S/C17H24N2/c1-16-8-6-12-18(14-16)10-4-3-5-11-19-13-7-9-17(2)15-19/h6-9,12-15H,3-5,10-11H2,1-2H3/q+2. The fraction of sp³-hybridized carbons (Fsp3) is 0.412. The van der Waals surface area contributed by atoms with Crippen molar-refractivity contribution in [2.24, 2.45) is 0 Å². The lowest BCUT2D eigenvalue weighted by Gasteiger charge is -1.99. The summed E-state index contributed by atoms with van der Waals surface area (Å²) in [6, 6.07) is 8.53. The molecule has 0 amide bonds. The maximum atomic E-state index is 2.29. The topological polar surface area (TPSA) is 7.76 Å². The van der Waals surface area contributed by atoms with Crippen molar-refractivity contribution in [2.75, 3.05) is 0 Å². The van der Waals surface area contributed by atoms with Gasteiger partial charge in [0.25, 0.3) is 0 Å². The quantitative estimate of drug-likeness (QED) is 0.554. The van der Waals surface area contributed by atoms with Gasteiger partial charge in [0.1, 0.15) is 13.1 Å². The SMILES string of the molecule is Cc1ccc[n+](CCCCC[n+]2cccc(C)c2)c1. The first kappa shape index (κ1) is 13.7. The summed E-state index contributed by atoms with van der Waals surface area (Å²) in [7, 11) is 0. The minimum atomic E-state index is 1.13. The lowest BCUT2D eigenvalue weighted by atomic mass is 10.2. The summed E-state index contributed by atoms with van der Waals surface area (Å²) in [4.78, 5) is 0. The Morgan fingerprint density at radius 2 is 1.21 bits per heavy atom. The average Bonchev–Trinajstić information content (AvgIpc) is 2.38. The molecule has 0 saturated carbocycles. The third-order valence-electron chi connectivity index (χ3n) is 3.34. The van der Waals surface area contributed by atoms with E-state index in [0.717, 1.165) is 13.1 Å². The van der Waals surface area contributed by atoms with Crippen LogP contribution in [0, 0.1) is 13.8 Å². The molecule has 2 nitrogen and oxygen atoms in total. The third-order valence-corrected chi connectivity index (χ3v) is 3.34. The molecule has 2 heterocycles. The second-order valence-corrected chi connectivity index (χ2v) is 5.30. The van der Waals surface area contributed by atoms with Crippen LogP contribution in [0.1, 0.15) is 30.4 Å². The molecule has 0 aromatic carbocycles. The second kappa shape index (κ2) is 7.03. The number of aromatic nitrogens is 2. The fourth-order valence-electron chi connectivity index (χ4n) is 2.35. The molecule has 2 aromatic rings. The van der Waals surface area contributed by atoms with Gasteiger partial charge in [0.05, 0.1) is 0 Å². The summed E-state index contributed by atoms with van der Waals surface area (Å²) in [5.74, 6) is 0. The molecule has 2 rings (SSSR count). The van der Waals surface area contributed by atoms with Gasteiger partial charge in [0, 0.05) is 36.1 Å². The summed E-state index contributed by atoms with van der Waals surface area (Å²) in [5.41, 5.74) is 2.66. The number of pyridine rings is 2. The molecule has 0 saturated heterocycles. The molecule has 0 spiro atoms. The van der Waals surface area contributed by atoms with Crippen LogP contribution in [0.3, 0.4) is 0 Å². The Balaban J connectivity index is 1.67. The van der Waals surface area contributed by atoms with Gasteiger partial charge in [-0.15, -0.1) is 0 Å². The smallest absolute Gasteiger partial charge is 0.171 e. The molecule has 0 aliphatic heterocycles. The molecule has 0 fully saturated rings. The Labute approximate surface area is 116 Å². The van der Waals surface area contributed by atoms with E-state index in [4.69, 9.17) is 0 Å². The monoisotopic (exact) mass is 256 g/mol. The van der Waals surface area contributed by atoms with E-state index in [0.29, 0.717) is 0 Å². The van der Waals surface area contributed by atoms with Crippen molar-refractivity contribution in [1.29, 1.82) is 0 Å². The van der Waals surface area contributed by atoms with E-state index in [2.05, 4.69) is 72.0 Å². The van der Waals surface area contributed by atoms with E-state index < -0.39 is 0 Å². The predicted octanol–water partition coefficient (Wildman–Crippen LogP) is 2.75. The lowest BCUT2D eigenvalue weighted by Crippen LogP contribution is -2.34. The van der Waals surface area contributed by atoms with E-state index >= 15 is 0 Å². The molecule has 0 atom stereocenters. The van der Waals surface area contributed by atoms with E-state index in [1.54, 1.807) is 0 Å². The summed E-state index contributed by atoms with van der Waals surface area (Å²) >= 11 is 0. The highest BCUT2D eigenvalue weighted by molar-refractivity contribution is 5.01. The summed E-state index contributed by atoms with van der Waals surface area (Å²) in [5, 5.41) is 0. The first-order valence-electron chi connectivity index (χ1n) is 7.15. The molecule has 0 radical (unpaired) electrons. The Bertz CT molecular complexity index is 473. The molecular formula is C17H24N2+2. The zero-order valence-electron chi connectivity index (χ0n) is 12.0. The molecule has 2 heteroatoms. The van der Waals surface area contributed by atoms with Gasteiger partial charge in [-0.2, -0.15) is 0 Å². The van der Waals surface area contributed by atoms with Gasteiger partial charge in [-0.25, -0.2) is 9.13 Å². The van der Waals surface area contributed by atoms with Crippen LogP contribution in [-0.2, 0) is 13.1 Å². The Hall–Kier alpha value is -1.70. The first-order chi connectivity index (χ1) is 9.24. The molecule has 0 aliphatic carbocycles. The van der Waals surface area contributed by atoms with Crippen LogP contribution in [0.2, 0.25) is 0 Å². The molecule has 19 heavy (non-hydrogen) atoms. The number of rotatable bonds is 6. The maximum Gasteiger partial charge on any atom is 0.171 e. The van der Waals surface area contributed by atoms with Gasteiger partial charge in [-0.1, -0.05) is 0 Å². The van der Waals surface area contributed by atoms with Crippen LogP contribution < -0.4 is 9.13 Å². The summed E-state index contributed by atoms with van der Waals surface area (Å²) in [6.07, 6.45) is 12.5. The van der Waals surface area contributed by atoms with E-state index in [9.17, 15) is 0 Å². The third kappa shape index (κ3) is 4.82. The highest BCUT2D eigenvalue weighted by atomic mass is 14.9. The van der Waals surface area contributed by atoms with Crippen LogP contribution in [0.15, 0.2) is 49.1 Å². The van der Waals surface area contributed by atoms with E-state index in [-0.39, 0.29) is 0 Å². The summed E-state index contributed by atoms with van der Waals surface area (Å²) in [6.45, 7) is 6.54. The Morgan fingerprint density at radius 1 is 0.737 bits per heavy atom. The van der Waals surface area contributed by atoms with Gasteiger partial charge in [0.2, 0.25) is 0 Å². The number of hydrogen-bond donors (Lipinski definition) is 0. The van der Waals surface area contributed by atoms with Crippen LogP contribution in [-0.4, -0.2) is 0 Å². The first-order valence-corrected chi connectivity index (χ1v) is 7.15. The van der Waals surface area contributed by atoms with Crippen LogP contribution in [0.5, 0.6) is 0 Å². The van der Waals surface area contributed by atoms with Crippen LogP contribution >= 0.6 is 0 Å². The minimum Gasteiger partial charge on any atom is -0.205 e. The minimum absolute atomic E-state index is 1.13. The maximum absolute atomic E-state index is 2.29. The van der Waals surface area contributed by atoms with Crippen LogP contribution in [0.4, 0.5) is 0 Å². The van der Waals surface area contributed by atoms with Gasteiger partial charge in [-0.05, 0) is 32.4 Å². The average molecular weight is 256 g/mol. The fourth-order valence-corrected chi connectivity index (χ4v) is 2.35. The van der Waals surface area contributed by atoms with E-state index in [1.165, 1.54) is 30.4 Å². The molecule has 0 bridgehead atoms. The highest BCUT2D eigenvalue weighted by Crippen LogP contribution is 1.97. The molecule has 100 valence electrons. The number of aryl methyl sites for hydroxylation is 4. The Morgan fingerprint density at radius 3 is 1.63 bits per heavy atom. The van der Waals surface area contributed by atoms with Crippen molar-refractivity contribution >= 4 is 0 Å². The van der Waals surface area contributed by atoms with Crippen molar-refractivity contribution in [3.05, 3.63) is 60.2 Å². The Kier molecular flexibility index (Phi) is 5.08. The van der Waals surface area contributed by atoms with Crippen molar-refractivity contribution in [3.63, 3.8) is 0 Å². The van der Waals surface area contributed by atoms with E-state index in [1.807, 2.05) is 0 Å². The van der Waals surface area contributed by atoms with Gasteiger partial charge >= 0.3 is 0 Å². The van der Waals surface area contributed by atoms with Gasteiger partial charge in [-0.3, -0.25) is 0 Å². The van der Waals surface area contributed by atoms with Gasteiger partial charge in [0.15, 0.2) is 24.8 Å². The zero-order valence-corrected chi connectivity index (χ0v) is 12.0. The molecule has 0 unspecified atom stereocenters.